The van der Waals surface area contributed by atoms with Gasteiger partial charge in [0, 0.05) is 6.42 Å². The summed E-state index contributed by atoms with van der Waals surface area (Å²) in [5.41, 5.74) is 1.49. The molecule has 0 aliphatic rings. The molecule has 0 aliphatic heterocycles. The topological polar surface area (TPSA) is 26.3 Å². The van der Waals surface area contributed by atoms with Crippen LogP contribution in [0.5, 0.6) is 0 Å². The van der Waals surface area contributed by atoms with E-state index in [0.717, 1.165) is 5.56 Å². The minimum Gasteiger partial charge on any atom is -0.461 e. The van der Waals surface area contributed by atoms with Gasteiger partial charge in [0.15, 0.2) is 0 Å². The summed E-state index contributed by atoms with van der Waals surface area (Å²) in [5.74, 6) is -0.592. The molecule has 0 radical (unpaired) electrons. The summed E-state index contributed by atoms with van der Waals surface area (Å²) < 4.78 is 18.5. The van der Waals surface area contributed by atoms with E-state index < -0.39 is 0 Å². The zero-order valence-corrected chi connectivity index (χ0v) is 10.5. The third kappa shape index (κ3) is 4.21. The van der Waals surface area contributed by atoms with E-state index in [4.69, 9.17) is 4.74 Å². The lowest BCUT2D eigenvalue weighted by molar-refractivity contribution is -0.144. The molecule has 0 spiro atoms. The molecule has 19 heavy (non-hydrogen) atoms. The van der Waals surface area contributed by atoms with Gasteiger partial charge in [-0.05, 0) is 23.6 Å². The SMILES string of the molecule is O=C(CCc1ccccc1F)OCc1ccccc1. The molecule has 0 saturated heterocycles. The average Bonchev–Trinajstić information content (AvgIpc) is 2.45. The molecule has 0 aromatic heterocycles. The molecule has 0 N–H and O–H groups in total. The highest BCUT2D eigenvalue weighted by atomic mass is 19.1. The van der Waals surface area contributed by atoms with Crippen molar-refractivity contribution in [2.45, 2.75) is 19.4 Å². The van der Waals surface area contributed by atoms with Crippen LogP contribution >= 0.6 is 0 Å². The Morgan fingerprint density at radius 3 is 2.42 bits per heavy atom. The van der Waals surface area contributed by atoms with Crippen LogP contribution in [-0.2, 0) is 22.6 Å². The van der Waals surface area contributed by atoms with Crippen LogP contribution < -0.4 is 0 Å². The van der Waals surface area contributed by atoms with Gasteiger partial charge in [-0.2, -0.15) is 0 Å². The van der Waals surface area contributed by atoms with Gasteiger partial charge < -0.3 is 4.74 Å². The van der Waals surface area contributed by atoms with E-state index in [-0.39, 0.29) is 24.8 Å². The molecule has 2 aromatic rings. The number of carbonyl (C=O) groups is 1. The van der Waals surface area contributed by atoms with Gasteiger partial charge in [-0.3, -0.25) is 4.79 Å². The van der Waals surface area contributed by atoms with E-state index in [9.17, 15) is 9.18 Å². The minimum atomic E-state index is -0.313. The maximum absolute atomic E-state index is 13.3. The molecule has 0 fully saturated rings. The van der Waals surface area contributed by atoms with E-state index in [0.29, 0.717) is 12.0 Å². The van der Waals surface area contributed by atoms with Crippen LogP contribution in [0.3, 0.4) is 0 Å². The first-order valence-corrected chi connectivity index (χ1v) is 6.18. The highest BCUT2D eigenvalue weighted by molar-refractivity contribution is 5.69. The Bertz CT molecular complexity index is 537. The Morgan fingerprint density at radius 2 is 1.68 bits per heavy atom. The fourth-order valence-corrected chi connectivity index (χ4v) is 1.75. The Kier molecular flexibility index (Phi) is 4.67. The number of hydrogen-bond donors (Lipinski definition) is 0. The highest BCUT2D eigenvalue weighted by Gasteiger charge is 2.06. The number of ether oxygens (including phenoxy) is 1. The summed E-state index contributed by atoms with van der Waals surface area (Å²) in [6, 6.07) is 15.9. The van der Waals surface area contributed by atoms with Crippen LogP contribution in [0.15, 0.2) is 54.6 Å². The van der Waals surface area contributed by atoms with Crippen molar-refractivity contribution in [3.63, 3.8) is 0 Å². The van der Waals surface area contributed by atoms with Crippen molar-refractivity contribution in [2.75, 3.05) is 0 Å². The Morgan fingerprint density at radius 1 is 1.00 bits per heavy atom. The maximum atomic E-state index is 13.3. The average molecular weight is 258 g/mol. The van der Waals surface area contributed by atoms with Crippen molar-refractivity contribution in [2.24, 2.45) is 0 Å². The quantitative estimate of drug-likeness (QED) is 0.767. The van der Waals surface area contributed by atoms with Crippen molar-refractivity contribution >= 4 is 5.97 Å². The molecule has 3 heteroatoms. The normalized spacial score (nSPS) is 10.2. The van der Waals surface area contributed by atoms with E-state index in [1.54, 1.807) is 18.2 Å². The molecule has 0 bridgehead atoms. The van der Waals surface area contributed by atoms with Crippen LogP contribution in [0.1, 0.15) is 17.5 Å². The largest absolute Gasteiger partial charge is 0.461 e. The van der Waals surface area contributed by atoms with Crippen LogP contribution in [-0.4, -0.2) is 5.97 Å². The monoisotopic (exact) mass is 258 g/mol. The van der Waals surface area contributed by atoms with Gasteiger partial charge in [0.2, 0.25) is 0 Å². The summed E-state index contributed by atoms with van der Waals surface area (Å²) >= 11 is 0. The number of aryl methyl sites for hydroxylation is 1. The second kappa shape index (κ2) is 6.69. The predicted molar refractivity (Wildman–Crippen MR) is 71.0 cm³/mol. The number of benzene rings is 2. The van der Waals surface area contributed by atoms with Crippen molar-refractivity contribution in [1.82, 2.24) is 0 Å². The fourth-order valence-electron chi connectivity index (χ4n) is 1.75. The summed E-state index contributed by atoms with van der Waals surface area (Å²) in [7, 11) is 0. The Balaban J connectivity index is 1.78. The summed E-state index contributed by atoms with van der Waals surface area (Å²) in [5, 5.41) is 0. The first kappa shape index (κ1) is 13.3. The minimum absolute atomic E-state index is 0.188. The lowest BCUT2D eigenvalue weighted by Gasteiger charge is -2.05. The van der Waals surface area contributed by atoms with Gasteiger partial charge in [0.05, 0.1) is 0 Å². The van der Waals surface area contributed by atoms with Crippen molar-refractivity contribution in [1.29, 1.82) is 0 Å². The third-order valence-electron chi connectivity index (χ3n) is 2.80. The number of halogens is 1. The molecule has 98 valence electrons. The first-order chi connectivity index (χ1) is 9.25. The zero-order valence-electron chi connectivity index (χ0n) is 10.5. The molecule has 0 heterocycles. The highest BCUT2D eigenvalue weighted by Crippen LogP contribution is 2.10. The molecular formula is C16H15FO2. The van der Waals surface area contributed by atoms with Crippen molar-refractivity contribution in [3.05, 3.63) is 71.5 Å². The number of esters is 1. The standard InChI is InChI=1S/C16H15FO2/c17-15-9-5-4-8-14(15)10-11-16(18)19-12-13-6-2-1-3-7-13/h1-9H,10-12H2. The second-order valence-corrected chi connectivity index (χ2v) is 4.24. The molecular weight excluding hydrogens is 243 g/mol. The fraction of sp³-hybridized carbons (Fsp3) is 0.188. The van der Waals surface area contributed by atoms with Crippen LogP contribution in [0.25, 0.3) is 0 Å². The molecule has 0 amide bonds. The second-order valence-electron chi connectivity index (χ2n) is 4.24. The Labute approximate surface area is 111 Å². The van der Waals surface area contributed by atoms with Gasteiger partial charge in [-0.15, -0.1) is 0 Å². The number of hydrogen-bond acceptors (Lipinski definition) is 2. The third-order valence-corrected chi connectivity index (χ3v) is 2.80. The summed E-state index contributed by atoms with van der Waals surface area (Å²) in [6.07, 6.45) is 0.550. The van der Waals surface area contributed by atoms with Gasteiger partial charge >= 0.3 is 5.97 Å². The molecule has 0 saturated carbocycles. The van der Waals surface area contributed by atoms with Crippen LogP contribution in [0.2, 0.25) is 0 Å². The molecule has 2 rings (SSSR count). The lowest BCUT2D eigenvalue weighted by Crippen LogP contribution is -2.06. The van der Waals surface area contributed by atoms with E-state index in [2.05, 4.69) is 0 Å². The van der Waals surface area contributed by atoms with Crippen molar-refractivity contribution in [3.8, 4) is 0 Å². The molecule has 0 atom stereocenters. The lowest BCUT2D eigenvalue weighted by atomic mass is 10.1. The molecule has 2 nitrogen and oxygen atoms in total. The van der Waals surface area contributed by atoms with Crippen LogP contribution in [0, 0.1) is 5.82 Å². The Hall–Kier alpha value is -2.16. The van der Waals surface area contributed by atoms with Gasteiger partial charge in [-0.1, -0.05) is 48.5 Å². The summed E-state index contributed by atoms with van der Waals surface area (Å²) in [6.45, 7) is 0.261. The summed E-state index contributed by atoms with van der Waals surface area (Å²) in [4.78, 5) is 11.6. The van der Waals surface area contributed by atoms with Gasteiger partial charge in [0.1, 0.15) is 12.4 Å². The molecule has 0 aliphatic carbocycles. The molecule has 0 unspecified atom stereocenters. The predicted octanol–water partition coefficient (Wildman–Crippen LogP) is 3.50. The smallest absolute Gasteiger partial charge is 0.306 e. The van der Waals surface area contributed by atoms with E-state index >= 15 is 0 Å². The van der Waals surface area contributed by atoms with Gasteiger partial charge in [-0.25, -0.2) is 4.39 Å². The maximum Gasteiger partial charge on any atom is 0.306 e. The zero-order chi connectivity index (χ0) is 13.5. The molecule has 2 aromatic carbocycles. The number of rotatable bonds is 5. The van der Waals surface area contributed by atoms with E-state index in [1.165, 1.54) is 6.07 Å². The van der Waals surface area contributed by atoms with Crippen molar-refractivity contribution < 1.29 is 13.9 Å². The first-order valence-electron chi connectivity index (χ1n) is 6.18. The van der Waals surface area contributed by atoms with Crippen LogP contribution in [0.4, 0.5) is 4.39 Å². The van der Waals surface area contributed by atoms with E-state index in [1.807, 2.05) is 30.3 Å². The number of carbonyl (C=O) groups excluding carboxylic acids is 1. The van der Waals surface area contributed by atoms with Gasteiger partial charge in [0.25, 0.3) is 0 Å².